The minimum absolute atomic E-state index is 0.706. The van der Waals surface area contributed by atoms with Crippen molar-refractivity contribution in [2.24, 2.45) is 4.99 Å². The van der Waals surface area contributed by atoms with Gasteiger partial charge in [-0.05, 0) is 22.9 Å². The lowest BCUT2D eigenvalue weighted by molar-refractivity contribution is 0.318. The Morgan fingerprint density at radius 3 is 2.04 bits per heavy atom. The van der Waals surface area contributed by atoms with Gasteiger partial charge in [0.15, 0.2) is 0 Å². The van der Waals surface area contributed by atoms with Gasteiger partial charge in [0.25, 0.3) is 0 Å². The van der Waals surface area contributed by atoms with E-state index in [1.165, 1.54) is 6.34 Å². The summed E-state index contributed by atoms with van der Waals surface area (Å²) >= 11 is 0. The maximum absolute atomic E-state index is 10.4. The number of aliphatic imine (C=N–C) groups is 1. The molecule has 4 aromatic rings. The van der Waals surface area contributed by atoms with E-state index in [0.717, 1.165) is 32.3 Å². The summed E-state index contributed by atoms with van der Waals surface area (Å²) < 4.78 is 0. The van der Waals surface area contributed by atoms with Crippen LogP contribution in [0.3, 0.4) is 0 Å². The van der Waals surface area contributed by atoms with Gasteiger partial charge >= 0.3 is 0 Å². The van der Waals surface area contributed by atoms with Crippen molar-refractivity contribution in [3.63, 3.8) is 0 Å². The van der Waals surface area contributed by atoms with Crippen molar-refractivity contribution in [2.45, 2.75) is 0 Å². The summed E-state index contributed by atoms with van der Waals surface area (Å²) in [5.74, 6) is 0. The summed E-state index contributed by atoms with van der Waals surface area (Å²) in [5.41, 5.74) is 1.53. The number of anilines is 1. The van der Waals surface area contributed by atoms with Crippen LogP contribution in [-0.2, 0) is 0 Å². The van der Waals surface area contributed by atoms with Crippen LogP contribution in [0.2, 0.25) is 0 Å². The number of hydrogen-bond acceptors (Lipinski definition) is 2. The van der Waals surface area contributed by atoms with Crippen LogP contribution in [0.4, 0.5) is 11.4 Å². The summed E-state index contributed by atoms with van der Waals surface area (Å²) in [6.45, 7) is 0. The highest BCUT2D eigenvalue weighted by Crippen LogP contribution is 2.27. The third-order valence-electron chi connectivity index (χ3n) is 4.09. The molecule has 4 rings (SSSR count). The SMILES string of the molecule is ON(C=Nc1cccc2ccccc12)c1cccc2ccccc12. The van der Waals surface area contributed by atoms with Crippen LogP contribution in [0.15, 0.2) is 89.9 Å². The summed E-state index contributed by atoms with van der Waals surface area (Å²) in [4.78, 5) is 4.47. The molecule has 116 valence electrons. The third kappa shape index (κ3) is 2.62. The van der Waals surface area contributed by atoms with Crippen LogP contribution < -0.4 is 5.06 Å². The van der Waals surface area contributed by atoms with Crippen molar-refractivity contribution >= 4 is 39.3 Å². The molecule has 0 spiro atoms. The van der Waals surface area contributed by atoms with E-state index in [0.29, 0.717) is 5.69 Å². The van der Waals surface area contributed by atoms with E-state index in [1.807, 2.05) is 72.8 Å². The van der Waals surface area contributed by atoms with Gasteiger partial charge < -0.3 is 0 Å². The second-order valence-corrected chi connectivity index (χ2v) is 5.59. The van der Waals surface area contributed by atoms with E-state index in [9.17, 15) is 5.21 Å². The van der Waals surface area contributed by atoms with Crippen LogP contribution >= 0.6 is 0 Å². The first-order valence-corrected chi connectivity index (χ1v) is 7.81. The number of nitrogens with zero attached hydrogens (tertiary/aromatic N) is 2. The molecule has 0 aromatic heterocycles. The highest BCUT2D eigenvalue weighted by atomic mass is 16.5. The normalized spacial score (nSPS) is 11.4. The molecule has 0 aliphatic carbocycles. The van der Waals surface area contributed by atoms with Crippen LogP contribution in [0.1, 0.15) is 0 Å². The van der Waals surface area contributed by atoms with Gasteiger partial charge in [0.1, 0.15) is 6.34 Å². The Morgan fingerprint density at radius 2 is 1.25 bits per heavy atom. The summed E-state index contributed by atoms with van der Waals surface area (Å²) in [7, 11) is 0. The summed E-state index contributed by atoms with van der Waals surface area (Å²) in [6.07, 6.45) is 1.45. The van der Waals surface area contributed by atoms with Gasteiger partial charge in [-0.2, -0.15) is 0 Å². The molecule has 0 unspecified atom stereocenters. The lowest BCUT2D eigenvalue weighted by Crippen LogP contribution is -2.15. The molecule has 3 heteroatoms. The third-order valence-corrected chi connectivity index (χ3v) is 4.09. The fraction of sp³-hybridized carbons (Fsp3) is 0. The highest BCUT2D eigenvalue weighted by Gasteiger charge is 2.05. The second kappa shape index (κ2) is 6.14. The molecule has 0 bridgehead atoms. The van der Waals surface area contributed by atoms with Crippen molar-refractivity contribution in [1.29, 1.82) is 0 Å². The molecule has 0 saturated heterocycles. The Balaban J connectivity index is 1.72. The van der Waals surface area contributed by atoms with E-state index >= 15 is 0 Å². The molecule has 1 N–H and O–H groups in total. The molecular weight excluding hydrogens is 296 g/mol. The zero-order valence-electron chi connectivity index (χ0n) is 13.0. The Hall–Kier alpha value is -3.17. The van der Waals surface area contributed by atoms with E-state index in [4.69, 9.17) is 0 Å². The van der Waals surface area contributed by atoms with Crippen molar-refractivity contribution in [3.05, 3.63) is 84.9 Å². The minimum atomic E-state index is 0.706. The highest BCUT2D eigenvalue weighted by molar-refractivity contribution is 5.99. The smallest absolute Gasteiger partial charge is 0.122 e. The lowest BCUT2D eigenvalue weighted by atomic mass is 10.1. The average molecular weight is 312 g/mol. The van der Waals surface area contributed by atoms with Crippen LogP contribution in [0.25, 0.3) is 21.5 Å². The number of rotatable bonds is 3. The van der Waals surface area contributed by atoms with Gasteiger partial charge in [-0.1, -0.05) is 72.8 Å². The molecule has 24 heavy (non-hydrogen) atoms. The van der Waals surface area contributed by atoms with E-state index in [1.54, 1.807) is 0 Å². The zero-order valence-corrected chi connectivity index (χ0v) is 13.0. The maximum atomic E-state index is 10.4. The Bertz CT molecular complexity index is 1030. The van der Waals surface area contributed by atoms with Crippen LogP contribution in [0, 0.1) is 0 Å². The van der Waals surface area contributed by atoms with E-state index in [-0.39, 0.29) is 0 Å². The molecule has 0 atom stereocenters. The molecule has 3 nitrogen and oxygen atoms in total. The second-order valence-electron chi connectivity index (χ2n) is 5.59. The van der Waals surface area contributed by atoms with Gasteiger partial charge in [-0.3, -0.25) is 5.21 Å². The van der Waals surface area contributed by atoms with Crippen molar-refractivity contribution in [3.8, 4) is 0 Å². The summed E-state index contributed by atoms with van der Waals surface area (Å²) in [6, 6.07) is 27.8. The Labute approximate surface area is 140 Å². The van der Waals surface area contributed by atoms with Gasteiger partial charge in [0, 0.05) is 10.8 Å². The zero-order chi connectivity index (χ0) is 16.4. The Kier molecular flexibility index (Phi) is 3.69. The molecule has 0 heterocycles. The van der Waals surface area contributed by atoms with Crippen molar-refractivity contribution < 1.29 is 5.21 Å². The summed E-state index contributed by atoms with van der Waals surface area (Å²) in [5, 5.41) is 15.7. The predicted octanol–water partition coefficient (Wildman–Crippen LogP) is 5.55. The first-order chi connectivity index (χ1) is 11.8. The number of hydroxylamine groups is 1. The molecule has 0 amide bonds. The van der Waals surface area contributed by atoms with Crippen LogP contribution in [0.5, 0.6) is 0 Å². The lowest BCUT2D eigenvalue weighted by Gasteiger charge is -2.14. The van der Waals surface area contributed by atoms with E-state index < -0.39 is 0 Å². The largest absolute Gasteiger partial charge is 0.283 e. The molecule has 0 radical (unpaired) electrons. The number of benzene rings is 4. The van der Waals surface area contributed by atoms with Crippen molar-refractivity contribution in [2.75, 3.05) is 5.06 Å². The molecule has 4 aromatic carbocycles. The molecular formula is C21H16N2O. The first-order valence-electron chi connectivity index (χ1n) is 7.81. The minimum Gasteiger partial charge on any atom is -0.283 e. The quantitative estimate of drug-likeness (QED) is 0.306. The van der Waals surface area contributed by atoms with Gasteiger partial charge in [0.05, 0.1) is 11.4 Å². The Morgan fingerprint density at radius 1 is 0.667 bits per heavy atom. The van der Waals surface area contributed by atoms with Crippen LogP contribution in [-0.4, -0.2) is 11.5 Å². The fourth-order valence-corrected chi connectivity index (χ4v) is 2.91. The van der Waals surface area contributed by atoms with E-state index in [2.05, 4.69) is 17.1 Å². The monoisotopic (exact) mass is 312 g/mol. The maximum Gasteiger partial charge on any atom is 0.122 e. The predicted molar refractivity (Wildman–Crippen MR) is 100 cm³/mol. The standard InChI is InChI=1S/C21H16N2O/c24-23(21-14-6-10-17-8-2-4-12-19(17)21)15-22-20-13-5-9-16-7-1-3-11-18(16)20/h1-15,24H. The van der Waals surface area contributed by atoms with Gasteiger partial charge in [-0.15, -0.1) is 0 Å². The molecule has 0 saturated carbocycles. The molecule has 0 fully saturated rings. The van der Waals surface area contributed by atoms with Crippen molar-refractivity contribution in [1.82, 2.24) is 0 Å². The molecule has 0 aliphatic rings. The fourth-order valence-electron chi connectivity index (χ4n) is 2.91. The van der Waals surface area contributed by atoms with Gasteiger partial charge in [-0.25, -0.2) is 10.1 Å². The topological polar surface area (TPSA) is 35.8 Å². The number of hydrogen-bond donors (Lipinski definition) is 1. The number of fused-ring (bicyclic) bond motifs is 2. The molecule has 0 aliphatic heterocycles. The van der Waals surface area contributed by atoms with Gasteiger partial charge in [0.2, 0.25) is 0 Å². The average Bonchev–Trinajstić information content (AvgIpc) is 2.65. The first kappa shape index (κ1) is 14.4.